The number of nitrogen functional groups attached to an aromatic ring is 1. The molecule has 2 heterocycles. The molecule has 0 aliphatic heterocycles. The van der Waals surface area contributed by atoms with Gasteiger partial charge in [0.1, 0.15) is 17.0 Å². The average Bonchev–Trinajstić information content (AvgIpc) is 3.17. The number of hydrogen-bond donors (Lipinski definition) is 2. The van der Waals surface area contributed by atoms with Crippen molar-refractivity contribution in [2.75, 3.05) is 12.3 Å². The van der Waals surface area contributed by atoms with Crippen molar-refractivity contribution in [3.63, 3.8) is 0 Å². The van der Waals surface area contributed by atoms with Crippen molar-refractivity contribution in [3.8, 4) is 11.3 Å². The van der Waals surface area contributed by atoms with E-state index in [0.29, 0.717) is 39.3 Å². The molecule has 0 atom stereocenters. The summed E-state index contributed by atoms with van der Waals surface area (Å²) < 4.78 is 5.21. The molecule has 0 radical (unpaired) electrons. The number of nitrogens with one attached hydrogen (secondary N) is 1. The Morgan fingerprint density at radius 3 is 2.92 bits per heavy atom. The van der Waals surface area contributed by atoms with E-state index >= 15 is 0 Å². The lowest BCUT2D eigenvalue weighted by atomic mass is 10.1. The molecular formula is C17H17ClN4O2S. The zero-order chi connectivity index (χ0) is 17.8. The van der Waals surface area contributed by atoms with Gasteiger partial charge in [0, 0.05) is 17.5 Å². The number of benzene rings is 1. The molecule has 0 fully saturated rings. The van der Waals surface area contributed by atoms with E-state index in [1.807, 2.05) is 23.6 Å². The van der Waals surface area contributed by atoms with Crippen LogP contribution in [-0.4, -0.2) is 22.6 Å². The number of halogens is 1. The van der Waals surface area contributed by atoms with E-state index < -0.39 is 0 Å². The third kappa shape index (κ3) is 4.00. The Morgan fingerprint density at radius 2 is 2.20 bits per heavy atom. The fourth-order valence-electron chi connectivity index (χ4n) is 2.47. The lowest BCUT2D eigenvalue weighted by molar-refractivity contribution is 0.0952. The van der Waals surface area contributed by atoms with Crippen LogP contribution in [0.1, 0.15) is 28.2 Å². The van der Waals surface area contributed by atoms with Crippen molar-refractivity contribution in [3.05, 3.63) is 51.7 Å². The standard InChI is InChI=1S/C17H17ClN4O2S/c1-10-14(15(22-24-10)12-6-2-3-7-13(12)18)16(23)20-8-4-5-11-9-25-17(19)21-11/h2-3,6-7,9H,4-5,8H2,1H3,(H2,19,21)(H,20,23). The van der Waals surface area contributed by atoms with Crippen molar-refractivity contribution in [1.82, 2.24) is 15.5 Å². The Morgan fingerprint density at radius 1 is 1.40 bits per heavy atom. The summed E-state index contributed by atoms with van der Waals surface area (Å²) >= 11 is 7.63. The number of carbonyl (C=O) groups excluding carboxylic acids is 1. The third-order valence-corrected chi connectivity index (χ3v) is 4.74. The highest BCUT2D eigenvalue weighted by Crippen LogP contribution is 2.30. The second kappa shape index (κ2) is 7.67. The molecule has 0 aliphatic rings. The summed E-state index contributed by atoms with van der Waals surface area (Å²) in [7, 11) is 0. The van der Waals surface area contributed by atoms with Gasteiger partial charge in [0.15, 0.2) is 5.13 Å². The van der Waals surface area contributed by atoms with E-state index in [9.17, 15) is 4.79 Å². The smallest absolute Gasteiger partial charge is 0.257 e. The fourth-order valence-corrected chi connectivity index (χ4v) is 3.30. The second-order valence-corrected chi connectivity index (χ2v) is 6.78. The summed E-state index contributed by atoms with van der Waals surface area (Å²) in [6.07, 6.45) is 1.52. The molecule has 0 saturated heterocycles. The molecule has 1 amide bonds. The van der Waals surface area contributed by atoms with Gasteiger partial charge in [0.05, 0.1) is 10.7 Å². The highest BCUT2D eigenvalue weighted by Gasteiger charge is 2.22. The maximum absolute atomic E-state index is 12.6. The Hall–Kier alpha value is -2.38. The molecule has 2 aromatic heterocycles. The van der Waals surface area contributed by atoms with Gasteiger partial charge in [-0.1, -0.05) is 35.0 Å². The molecule has 1 aromatic carbocycles. The summed E-state index contributed by atoms with van der Waals surface area (Å²) in [4.78, 5) is 16.8. The molecule has 0 spiro atoms. The van der Waals surface area contributed by atoms with Crippen molar-refractivity contribution in [2.24, 2.45) is 0 Å². The van der Waals surface area contributed by atoms with Gasteiger partial charge in [-0.05, 0) is 25.8 Å². The molecule has 3 N–H and O–H groups in total. The van der Waals surface area contributed by atoms with Crippen LogP contribution < -0.4 is 11.1 Å². The number of rotatable bonds is 6. The molecule has 0 saturated carbocycles. The molecule has 3 rings (SSSR count). The third-order valence-electron chi connectivity index (χ3n) is 3.68. The number of aryl methyl sites for hydroxylation is 2. The van der Waals surface area contributed by atoms with Crippen LogP contribution in [0.3, 0.4) is 0 Å². The predicted octanol–water partition coefficient (Wildman–Crippen LogP) is 3.70. The van der Waals surface area contributed by atoms with Gasteiger partial charge >= 0.3 is 0 Å². The summed E-state index contributed by atoms with van der Waals surface area (Å²) in [6, 6.07) is 7.22. The molecular weight excluding hydrogens is 360 g/mol. The second-order valence-electron chi connectivity index (χ2n) is 5.48. The summed E-state index contributed by atoms with van der Waals surface area (Å²) in [5, 5.41) is 9.90. The van der Waals surface area contributed by atoms with Crippen LogP contribution in [0.2, 0.25) is 5.02 Å². The number of nitrogens with two attached hydrogens (primary N) is 1. The molecule has 8 heteroatoms. The van der Waals surface area contributed by atoms with Crippen molar-refractivity contribution in [1.29, 1.82) is 0 Å². The largest absolute Gasteiger partial charge is 0.375 e. The number of hydrogen-bond acceptors (Lipinski definition) is 6. The van der Waals surface area contributed by atoms with Crippen LogP contribution in [0.5, 0.6) is 0 Å². The summed E-state index contributed by atoms with van der Waals surface area (Å²) in [6.45, 7) is 2.23. The molecule has 6 nitrogen and oxygen atoms in total. The average molecular weight is 377 g/mol. The van der Waals surface area contributed by atoms with Gasteiger partial charge < -0.3 is 15.6 Å². The first-order valence-corrected chi connectivity index (χ1v) is 9.01. The van der Waals surface area contributed by atoms with Gasteiger partial charge in [-0.3, -0.25) is 4.79 Å². The number of thiazole rings is 1. The Bertz CT molecular complexity index is 890. The van der Waals surface area contributed by atoms with Crippen molar-refractivity contribution >= 4 is 34.0 Å². The number of carbonyl (C=O) groups is 1. The van der Waals surface area contributed by atoms with Crippen LogP contribution >= 0.6 is 22.9 Å². The number of nitrogens with zero attached hydrogens (tertiary/aromatic N) is 2. The van der Waals surface area contributed by atoms with Gasteiger partial charge in [0.2, 0.25) is 0 Å². The quantitative estimate of drug-likeness (QED) is 0.639. The lowest BCUT2D eigenvalue weighted by Gasteiger charge is -2.06. The maximum Gasteiger partial charge on any atom is 0.257 e. The Balaban J connectivity index is 1.66. The van der Waals surface area contributed by atoms with Gasteiger partial charge in [-0.15, -0.1) is 11.3 Å². The first kappa shape index (κ1) is 17.4. The zero-order valence-electron chi connectivity index (χ0n) is 13.6. The van der Waals surface area contributed by atoms with Crippen LogP contribution in [-0.2, 0) is 6.42 Å². The first-order valence-electron chi connectivity index (χ1n) is 7.75. The molecule has 0 unspecified atom stereocenters. The monoisotopic (exact) mass is 376 g/mol. The van der Waals surface area contributed by atoms with Gasteiger partial charge in [0.25, 0.3) is 5.91 Å². The fraction of sp³-hybridized carbons (Fsp3) is 0.235. The van der Waals surface area contributed by atoms with E-state index in [-0.39, 0.29) is 5.91 Å². The first-order chi connectivity index (χ1) is 12.1. The Labute approximate surface area is 154 Å². The van der Waals surface area contributed by atoms with E-state index in [0.717, 1.165) is 18.5 Å². The van der Waals surface area contributed by atoms with E-state index in [4.69, 9.17) is 21.9 Å². The number of aromatic nitrogens is 2. The molecule has 0 aliphatic carbocycles. The van der Waals surface area contributed by atoms with E-state index in [1.165, 1.54) is 11.3 Å². The zero-order valence-corrected chi connectivity index (χ0v) is 15.2. The van der Waals surface area contributed by atoms with Crippen molar-refractivity contribution < 1.29 is 9.32 Å². The van der Waals surface area contributed by atoms with Crippen LogP contribution in [0.25, 0.3) is 11.3 Å². The summed E-state index contributed by atoms with van der Waals surface area (Å²) in [5.74, 6) is 0.228. The minimum absolute atomic E-state index is 0.230. The molecule has 25 heavy (non-hydrogen) atoms. The molecule has 3 aromatic rings. The highest BCUT2D eigenvalue weighted by molar-refractivity contribution is 7.13. The Kier molecular flexibility index (Phi) is 5.35. The maximum atomic E-state index is 12.6. The highest BCUT2D eigenvalue weighted by atomic mass is 35.5. The van der Waals surface area contributed by atoms with Crippen molar-refractivity contribution in [2.45, 2.75) is 19.8 Å². The minimum Gasteiger partial charge on any atom is -0.375 e. The topological polar surface area (TPSA) is 94.0 Å². The normalized spacial score (nSPS) is 10.8. The lowest BCUT2D eigenvalue weighted by Crippen LogP contribution is -2.25. The van der Waals surface area contributed by atoms with Crippen LogP contribution in [0.15, 0.2) is 34.2 Å². The van der Waals surface area contributed by atoms with Gasteiger partial charge in [-0.2, -0.15) is 0 Å². The summed E-state index contributed by atoms with van der Waals surface area (Å²) in [5.41, 5.74) is 8.08. The SMILES string of the molecule is Cc1onc(-c2ccccc2Cl)c1C(=O)NCCCc1csc(N)n1. The van der Waals surface area contributed by atoms with E-state index in [2.05, 4.69) is 15.5 Å². The number of anilines is 1. The van der Waals surface area contributed by atoms with Crippen LogP contribution in [0.4, 0.5) is 5.13 Å². The minimum atomic E-state index is -0.230. The van der Waals surface area contributed by atoms with Gasteiger partial charge in [-0.25, -0.2) is 4.98 Å². The number of amides is 1. The molecule has 130 valence electrons. The van der Waals surface area contributed by atoms with E-state index in [1.54, 1.807) is 13.0 Å². The predicted molar refractivity (Wildman–Crippen MR) is 98.9 cm³/mol. The molecule has 0 bridgehead atoms. The van der Waals surface area contributed by atoms with Crippen LogP contribution in [0, 0.1) is 6.92 Å².